The van der Waals surface area contributed by atoms with Gasteiger partial charge in [0.2, 0.25) is 0 Å². The highest BCUT2D eigenvalue weighted by Crippen LogP contribution is 2.49. The average Bonchev–Trinajstić information content (AvgIpc) is 3.47. The van der Waals surface area contributed by atoms with Gasteiger partial charge >= 0.3 is 5.97 Å². The number of methoxy groups -OCH3 is 2. The fourth-order valence-electron chi connectivity index (χ4n) is 6.23. The van der Waals surface area contributed by atoms with Crippen LogP contribution in [-0.4, -0.2) is 43.8 Å². The lowest BCUT2D eigenvalue weighted by Gasteiger charge is -2.37. The van der Waals surface area contributed by atoms with Gasteiger partial charge in [-0.15, -0.1) is 0 Å². The van der Waals surface area contributed by atoms with Crippen LogP contribution in [0, 0.1) is 0 Å². The quantitative estimate of drug-likeness (QED) is 0.324. The predicted octanol–water partition coefficient (Wildman–Crippen LogP) is 6.42. The third-order valence-electron chi connectivity index (χ3n) is 8.19. The number of rotatable bonds is 8. The second-order valence-electron chi connectivity index (χ2n) is 10.7. The van der Waals surface area contributed by atoms with Crippen LogP contribution in [0.15, 0.2) is 57.3 Å². The summed E-state index contributed by atoms with van der Waals surface area (Å²) in [7, 11) is 3.18. The summed E-state index contributed by atoms with van der Waals surface area (Å²) in [5.74, 6) is 0.260. The molecule has 0 saturated heterocycles. The minimum absolute atomic E-state index is 0.0296. The Kier molecular flexibility index (Phi) is 8.63. The molecular formula is C32H36BrNO7. The molecule has 8 nitrogen and oxygen atoms in total. The number of aromatic hydroxyl groups is 1. The largest absolute Gasteiger partial charge is 0.503 e. The highest BCUT2D eigenvalue weighted by molar-refractivity contribution is 9.10. The van der Waals surface area contributed by atoms with Crippen LogP contribution in [-0.2, 0) is 14.3 Å². The van der Waals surface area contributed by atoms with E-state index in [0.29, 0.717) is 51.4 Å². The summed E-state index contributed by atoms with van der Waals surface area (Å²) < 4.78 is 23.0. The summed E-state index contributed by atoms with van der Waals surface area (Å²) in [4.78, 5) is 27.8. The van der Waals surface area contributed by atoms with E-state index in [2.05, 4.69) is 21.2 Å². The molecule has 5 rings (SSSR count). The fourth-order valence-corrected chi connectivity index (χ4v) is 6.69. The summed E-state index contributed by atoms with van der Waals surface area (Å²) in [6, 6.07) is 9.20. The molecule has 3 aliphatic rings. The Morgan fingerprint density at radius 2 is 1.73 bits per heavy atom. The highest BCUT2D eigenvalue weighted by atomic mass is 79.9. The SMILES string of the molecule is CCOc1cc([C@H]2C(C(=O)OC3CCCC3)=C(C)NC3=C2C(=O)C[C@H](c2ccc(OC)c(OC)c2)C3)cc(Br)c1O. The standard InChI is InChI=1S/C32H36BrNO7/c1-5-40-27-16-20(12-22(33)31(27)36)29-28(32(37)41-21-8-6-7-9-21)17(2)34-23-13-19(14-24(35)30(23)29)18-10-11-25(38-3)26(15-18)39-4/h10-12,15-16,19,21,29,34,36H,5-9,13-14H2,1-4H3/t19-,29+/m1/s1. The molecule has 1 aliphatic heterocycles. The van der Waals surface area contributed by atoms with E-state index >= 15 is 0 Å². The third-order valence-corrected chi connectivity index (χ3v) is 8.79. The summed E-state index contributed by atoms with van der Waals surface area (Å²) in [5.41, 5.74) is 4.03. The van der Waals surface area contributed by atoms with Crippen LogP contribution in [0.5, 0.6) is 23.0 Å². The van der Waals surface area contributed by atoms with Gasteiger partial charge in [0.15, 0.2) is 28.8 Å². The molecule has 0 unspecified atom stereocenters. The predicted molar refractivity (Wildman–Crippen MR) is 157 cm³/mol. The molecule has 41 heavy (non-hydrogen) atoms. The minimum atomic E-state index is -0.671. The maximum Gasteiger partial charge on any atom is 0.337 e. The number of hydrogen-bond donors (Lipinski definition) is 2. The fraction of sp³-hybridized carbons (Fsp3) is 0.438. The van der Waals surface area contributed by atoms with Gasteiger partial charge in [-0.3, -0.25) is 4.79 Å². The lowest BCUT2D eigenvalue weighted by molar-refractivity contribution is -0.144. The normalized spacial score (nSPS) is 21.0. The summed E-state index contributed by atoms with van der Waals surface area (Å²) in [6.07, 6.45) is 4.48. The number of phenols is 1. The van der Waals surface area contributed by atoms with E-state index in [1.807, 2.05) is 32.0 Å². The minimum Gasteiger partial charge on any atom is -0.503 e. The van der Waals surface area contributed by atoms with E-state index in [0.717, 1.165) is 36.9 Å². The van der Waals surface area contributed by atoms with E-state index in [1.165, 1.54) is 0 Å². The number of benzene rings is 2. The van der Waals surface area contributed by atoms with Gasteiger partial charge in [0, 0.05) is 29.3 Å². The maximum absolute atomic E-state index is 14.0. The Hall–Kier alpha value is -3.46. The number of halogens is 1. The van der Waals surface area contributed by atoms with E-state index in [1.54, 1.807) is 26.4 Å². The first-order chi connectivity index (χ1) is 19.7. The second kappa shape index (κ2) is 12.2. The number of ether oxygens (including phenoxy) is 4. The van der Waals surface area contributed by atoms with Gasteiger partial charge < -0.3 is 29.4 Å². The molecule has 1 heterocycles. The number of dihydropyridines is 1. The molecule has 1 fully saturated rings. The van der Waals surface area contributed by atoms with Crippen molar-refractivity contribution in [3.8, 4) is 23.0 Å². The number of esters is 1. The number of ketones is 1. The van der Waals surface area contributed by atoms with Crippen LogP contribution in [0.2, 0.25) is 0 Å². The van der Waals surface area contributed by atoms with Crippen molar-refractivity contribution in [2.75, 3.05) is 20.8 Å². The monoisotopic (exact) mass is 625 g/mol. The van der Waals surface area contributed by atoms with Crippen molar-refractivity contribution in [1.29, 1.82) is 0 Å². The average molecular weight is 627 g/mol. The molecule has 218 valence electrons. The van der Waals surface area contributed by atoms with Gasteiger partial charge in [-0.05, 0) is 103 Å². The van der Waals surface area contributed by atoms with Gasteiger partial charge in [0.25, 0.3) is 0 Å². The number of carbonyl (C=O) groups excluding carboxylic acids is 2. The molecule has 2 aromatic rings. The van der Waals surface area contributed by atoms with Crippen molar-refractivity contribution in [3.63, 3.8) is 0 Å². The number of Topliss-reactive ketones (excluding diaryl/α,β-unsaturated/α-hetero) is 1. The van der Waals surface area contributed by atoms with Crippen molar-refractivity contribution in [2.24, 2.45) is 0 Å². The molecule has 2 N–H and O–H groups in total. The van der Waals surface area contributed by atoms with Gasteiger partial charge in [-0.25, -0.2) is 4.79 Å². The first kappa shape index (κ1) is 29.0. The molecular weight excluding hydrogens is 590 g/mol. The molecule has 1 saturated carbocycles. The molecule has 0 spiro atoms. The zero-order valence-electron chi connectivity index (χ0n) is 23.8. The topological polar surface area (TPSA) is 103 Å². The molecule has 0 amide bonds. The smallest absolute Gasteiger partial charge is 0.337 e. The van der Waals surface area contributed by atoms with Gasteiger partial charge in [0.05, 0.1) is 30.9 Å². The first-order valence-electron chi connectivity index (χ1n) is 14.1. The van der Waals surface area contributed by atoms with Crippen molar-refractivity contribution in [3.05, 3.63) is 68.5 Å². The summed E-state index contributed by atoms with van der Waals surface area (Å²) in [6.45, 7) is 4.03. The number of allylic oxidation sites excluding steroid dienone is 3. The van der Waals surface area contributed by atoms with Gasteiger partial charge in [0.1, 0.15) is 6.10 Å². The molecule has 2 aliphatic carbocycles. The summed E-state index contributed by atoms with van der Waals surface area (Å²) >= 11 is 3.44. The zero-order chi connectivity index (χ0) is 29.3. The van der Waals surface area contributed by atoms with Crippen LogP contribution in [0.25, 0.3) is 0 Å². The first-order valence-corrected chi connectivity index (χ1v) is 14.9. The second-order valence-corrected chi connectivity index (χ2v) is 11.6. The Morgan fingerprint density at radius 3 is 2.41 bits per heavy atom. The van der Waals surface area contributed by atoms with E-state index < -0.39 is 11.9 Å². The molecule has 0 bridgehead atoms. The van der Waals surface area contributed by atoms with Crippen LogP contribution in [0.4, 0.5) is 0 Å². The van der Waals surface area contributed by atoms with Gasteiger partial charge in [-0.1, -0.05) is 6.07 Å². The molecule has 2 atom stereocenters. The third kappa shape index (κ3) is 5.69. The van der Waals surface area contributed by atoms with Gasteiger partial charge in [-0.2, -0.15) is 0 Å². The Balaban J connectivity index is 1.58. The van der Waals surface area contributed by atoms with E-state index in [9.17, 15) is 14.7 Å². The lowest BCUT2D eigenvalue weighted by Crippen LogP contribution is -2.36. The Bertz CT molecular complexity index is 1420. The van der Waals surface area contributed by atoms with E-state index in [-0.39, 0.29) is 35.7 Å². The zero-order valence-corrected chi connectivity index (χ0v) is 25.4. The van der Waals surface area contributed by atoms with Crippen LogP contribution in [0.1, 0.15) is 75.3 Å². The maximum atomic E-state index is 14.0. The molecule has 2 aromatic carbocycles. The molecule has 0 aromatic heterocycles. The number of carbonyl (C=O) groups is 2. The Labute approximate surface area is 248 Å². The van der Waals surface area contributed by atoms with Crippen LogP contribution in [0.3, 0.4) is 0 Å². The summed E-state index contributed by atoms with van der Waals surface area (Å²) in [5, 5.41) is 14.0. The number of nitrogens with one attached hydrogen (secondary N) is 1. The molecule has 0 radical (unpaired) electrons. The number of hydrogen-bond acceptors (Lipinski definition) is 8. The lowest BCUT2D eigenvalue weighted by atomic mass is 9.71. The number of phenolic OH excluding ortho intramolecular Hbond substituents is 1. The molecule has 9 heteroatoms. The highest BCUT2D eigenvalue weighted by Gasteiger charge is 2.42. The van der Waals surface area contributed by atoms with Crippen molar-refractivity contribution in [2.45, 2.75) is 70.3 Å². The van der Waals surface area contributed by atoms with Crippen LogP contribution < -0.4 is 19.5 Å². The van der Waals surface area contributed by atoms with Crippen molar-refractivity contribution < 1.29 is 33.6 Å². The van der Waals surface area contributed by atoms with Crippen molar-refractivity contribution >= 4 is 27.7 Å². The van der Waals surface area contributed by atoms with E-state index in [4.69, 9.17) is 18.9 Å². The van der Waals surface area contributed by atoms with Crippen molar-refractivity contribution in [1.82, 2.24) is 5.32 Å². The Morgan fingerprint density at radius 1 is 1.02 bits per heavy atom. The van der Waals surface area contributed by atoms with Crippen LogP contribution >= 0.6 is 15.9 Å².